The summed E-state index contributed by atoms with van der Waals surface area (Å²) in [7, 11) is -3.85. The second-order valence-corrected chi connectivity index (χ2v) is 5.94. The number of halogens is 2. The molecule has 0 aliphatic carbocycles. The zero-order valence-corrected chi connectivity index (χ0v) is 11.5. The first kappa shape index (κ1) is 15.2. The molecule has 0 amide bonds. The van der Waals surface area contributed by atoms with Crippen molar-refractivity contribution in [1.29, 1.82) is 0 Å². The van der Waals surface area contributed by atoms with E-state index in [1.165, 1.54) is 18.2 Å². The summed E-state index contributed by atoms with van der Waals surface area (Å²) < 4.78 is 26.0. The van der Waals surface area contributed by atoms with Crippen LogP contribution in [0.3, 0.4) is 0 Å². The summed E-state index contributed by atoms with van der Waals surface area (Å²) in [4.78, 5) is 9.96. The highest BCUT2D eigenvalue weighted by Gasteiger charge is 2.20. The van der Waals surface area contributed by atoms with Crippen LogP contribution in [0.15, 0.2) is 23.1 Å². The van der Waals surface area contributed by atoms with Crippen LogP contribution in [0.1, 0.15) is 12.8 Å². The lowest BCUT2D eigenvalue weighted by Crippen LogP contribution is -2.28. The molecule has 1 rings (SSSR count). The molecular weight excluding hydrogens is 301 g/mol. The van der Waals surface area contributed by atoms with Gasteiger partial charge in [-0.25, -0.2) is 13.1 Å². The van der Waals surface area contributed by atoms with E-state index < -0.39 is 16.0 Å². The molecular formula is C10H10Cl2NO4S-. The van der Waals surface area contributed by atoms with Gasteiger partial charge in [0.1, 0.15) is 4.90 Å². The van der Waals surface area contributed by atoms with Crippen molar-refractivity contribution in [3.63, 3.8) is 0 Å². The Morgan fingerprint density at radius 2 is 1.83 bits per heavy atom. The van der Waals surface area contributed by atoms with Gasteiger partial charge in [-0.15, -0.1) is 0 Å². The Bertz CT molecular complexity index is 525. The van der Waals surface area contributed by atoms with E-state index in [9.17, 15) is 18.3 Å². The van der Waals surface area contributed by atoms with Crippen LogP contribution in [0, 0.1) is 0 Å². The molecule has 0 aliphatic heterocycles. The fourth-order valence-electron chi connectivity index (χ4n) is 1.25. The maximum atomic E-state index is 11.9. The molecule has 0 aliphatic rings. The Morgan fingerprint density at radius 3 is 2.33 bits per heavy atom. The first-order chi connectivity index (χ1) is 8.34. The first-order valence-electron chi connectivity index (χ1n) is 4.98. The number of carboxylic acid groups (broad SMARTS) is 1. The number of rotatable bonds is 6. The topological polar surface area (TPSA) is 86.3 Å². The van der Waals surface area contributed by atoms with E-state index in [-0.39, 0.29) is 34.3 Å². The number of nitrogens with one attached hydrogen (secondary N) is 1. The first-order valence-corrected chi connectivity index (χ1v) is 7.22. The molecule has 18 heavy (non-hydrogen) atoms. The van der Waals surface area contributed by atoms with Crippen LogP contribution in [0.5, 0.6) is 0 Å². The lowest BCUT2D eigenvalue weighted by molar-refractivity contribution is -0.305. The fourth-order valence-corrected chi connectivity index (χ4v) is 3.46. The van der Waals surface area contributed by atoms with Gasteiger partial charge in [0.25, 0.3) is 0 Å². The fraction of sp³-hybridized carbons (Fsp3) is 0.300. The summed E-state index contributed by atoms with van der Waals surface area (Å²) >= 11 is 11.5. The lowest BCUT2D eigenvalue weighted by Gasteiger charge is -2.09. The average molecular weight is 311 g/mol. The number of aliphatic carboxylic acids is 1. The van der Waals surface area contributed by atoms with E-state index in [0.29, 0.717) is 0 Å². The molecule has 1 N–H and O–H groups in total. The second-order valence-electron chi connectivity index (χ2n) is 3.42. The minimum absolute atomic E-state index is 0.00917. The molecule has 0 aromatic heterocycles. The number of carbonyl (C=O) groups is 1. The maximum absolute atomic E-state index is 11.9. The summed E-state index contributed by atoms with van der Waals surface area (Å²) in [6, 6.07) is 4.34. The molecule has 0 saturated carbocycles. The van der Waals surface area contributed by atoms with Gasteiger partial charge in [0.05, 0.1) is 10.0 Å². The quantitative estimate of drug-likeness (QED) is 0.787. The Morgan fingerprint density at radius 1 is 1.28 bits per heavy atom. The maximum Gasteiger partial charge on any atom is 0.243 e. The number of hydrogen-bond acceptors (Lipinski definition) is 4. The molecule has 1 aromatic rings. The van der Waals surface area contributed by atoms with E-state index in [1.807, 2.05) is 0 Å². The van der Waals surface area contributed by atoms with E-state index in [1.54, 1.807) is 0 Å². The van der Waals surface area contributed by atoms with Crippen LogP contribution in [-0.4, -0.2) is 20.9 Å². The van der Waals surface area contributed by atoms with E-state index >= 15 is 0 Å². The normalized spacial score (nSPS) is 11.4. The van der Waals surface area contributed by atoms with Gasteiger partial charge >= 0.3 is 0 Å². The summed E-state index contributed by atoms with van der Waals surface area (Å²) in [5.74, 6) is -1.23. The Labute approximate surface area is 115 Å². The van der Waals surface area contributed by atoms with Crippen LogP contribution >= 0.6 is 23.2 Å². The van der Waals surface area contributed by atoms with Crippen molar-refractivity contribution in [3.8, 4) is 0 Å². The van der Waals surface area contributed by atoms with Gasteiger partial charge in [-0.05, 0) is 25.0 Å². The average Bonchev–Trinajstić information content (AvgIpc) is 2.23. The van der Waals surface area contributed by atoms with Gasteiger partial charge in [-0.1, -0.05) is 29.3 Å². The highest BCUT2D eigenvalue weighted by molar-refractivity contribution is 7.89. The molecule has 5 nitrogen and oxygen atoms in total. The van der Waals surface area contributed by atoms with Gasteiger partial charge < -0.3 is 9.90 Å². The highest BCUT2D eigenvalue weighted by Crippen LogP contribution is 2.28. The zero-order chi connectivity index (χ0) is 13.8. The van der Waals surface area contributed by atoms with Gasteiger partial charge in [0, 0.05) is 12.5 Å². The highest BCUT2D eigenvalue weighted by atomic mass is 35.5. The molecule has 0 atom stereocenters. The van der Waals surface area contributed by atoms with Crippen molar-refractivity contribution in [2.24, 2.45) is 0 Å². The smallest absolute Gasteiger partial charge is 0.243 e. The van der Waals surface area contributed by atoms with E-state index in [2.05, 4.69) is 4.72 Å². The van der Waals surface area contributed by atoms with Crippen LogP contribution < -0.4 is 9.83 Å². The van der Waals surface area contributed by atoms with Crippen LogP contribution in [0.2, 0.25) is 10.0 Å². The number of benzene rings is 1. The Hall–Kier alpha value is -0.820. The Balaban J connectivity index is 2.78. The molecule has 0 heterocycles. The summed E-state index contributed by atoms with van der Waals surface area (Å²) in [5.41, 5.74) is 0. The number of sulfonamides is 1. The third-order valence-corrected chi connectivity index (χ3v) is 4.45. The molecule has 100 valence electrons. The third kappa shape index (κ3) is 4.13. The lowest BCUT2D eigenvalue weighted by atomic mass is 10.3. The molecule has 0 bridgehead atoms. The van der Waals surface area contributed by atoms with Gasteiger partial charge in [-0.2, -0.15) is 0 Å². The molecule has 8 heteroatoms. The predicted octanol–water partition coefficient (Wildman–Crippen LogP) is 0.802. The van der Waals surface area contributed by atoms with Gasteiger partial charge in [0.15, 0.2) is 0 Å². The van der Waals surface area contributed by atoms with Crippen LogP contribution in [0.4, 0.5) is 0 Å². The summed E-state index contributed by atoms with van der Waals surface area (Å²) in [6.45, 7) is -0.0299. The molecule has 1 aromatic carbocycles. The molecule has 0 unspecified atom stereocenters. The minimum atomic E-state index is -3.85. The molecule has 0 radical (unpaired) electrons. The third-order valence-electron chi connectivity index (χ3n) is 2.04. The summed E-state index contributed by atoms with van der Waals surface area (Å²) in [6.07, 6.45) is -0.0948. The number of carboxylic acids is 1. The largest absolute Gasteiger partial charge is 0.550 e. The minimum Gasteiger partial charge on any atom is -0.550 e. The van der Waals surface area contributed by atoms with E-state index in [0.717, 1.165) is 0 Å². The standard InChI is InChI=1S/C10H11Cl2NO4S/c11-7-3-1-4-8(12)10(7)18(16,17)13-6-2-5-9(14)15/h1,3-4,13H,2,5-6H2,(H,14,15)/p-1. The Kier molecular flexibility index (Phi) is 5.40. The van der Waals surface area contributed by atoms with Crippen LogP contribution in [-0.2, 0) is 14.8 Å². The second kappa shape index (κ2) is 6.38. The van der Waals surface area contributed by atoms with Gasteiger partial charge in [0.2, 0.25) is 10.0 Å². The van der Waals surface area contributed by atoms with E-state index in [4.69, 9.17) is 23.2 Å². The van der Waals surface area contributed by atoms with Crippen molar-refractivity contribution in [1.82, 2.24) is 4.72 Å². The molecule has 0 saturated heterocycles. The van der Waals surface area contributed by atoms with Crippen molar-refractivity contribution in [3.05, 3.63) is 28.2 Å². The van der Waals surface area contributed by atoms with Crippen LogP contribution in [0.25, 0.3) is 0 Å². The van der Waals surface area contributed by atoms with Crippen molar-refractivity contribution in [2.75, 3.05) is 6.54 Å². The molecule has 0 fully saturated rings. The van der Waals surface area contributed by atoms with Crippen molar-refractivity contribution in [2.45, 2.75) is 17.7 Å². The zero-order valence-electron chi connectivity index (χ0n) is 9.15. The molecule has 0 spiro atoms. The monoisotopic (exact) mass is 310 g/mol. The van der Waals surface area contributed by atoms with Crippen molar-refractivity contribution >= 4 is 39.2 Å². The SMILES string of the molecule is O=C([O-])CCCNS(=O)(=O)c1c(Cl)cccc1Cl. The predicted molar refractivity (Wildman–Crippen MR) is 65.9 cm³/mol. The number of carbonyl (C=O) groups excluding carboxylic acids is 1. The number of hydrogen-bond donors (Lipinski definition) is 1. The van der Waals surface area contributed by atoms with Crippen molar-refractivity contribution < 1.29 is 18.3 Å². The van der Waals surface area contributed by atoms with Gasteiger partial charge in [-0.3, -0.25) is 0 Å². The summed E-state index contributed by atoms with van der Waals surface area (Å²) in [5, 5.41) is 10.2.